The number of carbonyl (C=O) groups excluding carboxylic acids is 2. The zero-order valence-electron chi connectivity index (χ0n) is 10.7. The van der Waals surface area contributed by atoms with Crippen LogP contribution in [0, 0.1) is 0 Å². The molecule has 18 heavy (non-hydrogen) atoms. The van der Waals surface area contributed by atoms with E-state index in [1.807, 2.05) is 0 Å². The van der Waals surface area contributed by atoms with E-state index in [0.717, 1.165) is 0 Å². The third-order valence-corrected chi connectivity index (χ3v) is 3.65. The molecule has 1 aromatic carbocycles. The van der Waals surface area contributed by atoms with Gasteiger partial charge in [0.15, 0.2) is 22.8 Å². The van der Waals surface area contributed by atoms with Crippen LogP contribution in [-0.4, -0.2) is 34.5 Å². The molecule has 1 aliphatic rings. The summed E-state index contributed by atoms with van der Waals surface area (Å²) >= 11 is 0. The molecule has 0 spiro atoms. The minimum absolute atomic E-state index is 0.244. The quantitative estimate of drug-likeness (QED) is 0.863. The summed E-state index contributed by atoms with van der Waals surface area (Å²) in [6, 6.07) is 6.50. The third kappa shape index (κ3) is 1.46. The SMILES string of the molecule is CCO[C@]1(C)C(=O)c2ccccc2C(=O)[C@@]1(C)O. The molecule has 1 aromatic rings. The highest BCUT2D eigenvalue weighted by atomic mass is 16.5. The number of hydrogen-bond donors (Lipinski definition) is 1. The summed E-state index contributed by atoms with van der Waals surface area (Å²) in [5, 5.41) is 10.4. The van der Waals surface area contributed by atoms with Gasteiger partial charge in [0.05, 0.1) is 0 Å². The molecule has 96 valence electrons. The van der Waals surface area contributed by atoms with Crippen LogP contribution in [0.5, 0.6) is 0 Å². The largest absolute Gasteiger partial charge is 0.378 e. The molecule has 0 fully saturated rings. The van der Waals surface area contributed by atoms with Crippen LogP contribution in [-0.2, 0) is 4.74 Å². The molecule has 1 N–H and O–H groups in total. The summed E-state index contributed by atoms with van der Waals surface area (Å²) in [6.45, 7) is 4.76. The van der Waals surface area contributed by atoms with Gasteiger partial charge in [0.2, 0.25) is 0 Å². The maximum atomic E-state index is 12.5. The first-order chi connectivity index (χ1) is 8.36. The Balaban J connectivity index is 2.68. The van der Waals surface area contributed by atoms with Crippen LogP contribution in [0.4, 0.5) is 0 Å². The van der Waals surface area contributed by atoms with Crippen molar-refractivity contribution in [3.8, 4) is 0 Å². The second-order valence-corrected chi connectivity index (χ2v) is 4.74. The average Bonchev–Trinajstić information content (AvgIpc) is 2.35. The van der Waals surface area contributed by atoms with Gasteiger partial charge in [-0.3, -0.25) is 9.59 Å². The van der Waals surface area contributed by atoms with Gasteiger partial charge in [-0.1, -0.05) is 24.3 Å². The Morgan fingerprint density at radius 3 is 2.11 bits per heavy atom. The maximum Gasteiger partial charge on any atom is 0.198 e. The first-order valence-electron chi connectivity index (χ1n) is 5.91. The zero-order valence-corrected chi connectivity index (χ0v) is 10.7. The molecule has 0 aliphatic heterocycles. The molecular formula is C14H16O4. The molecule has 1 aliphatic carbocycles. The predicted octanol–water partition coefficient (Wildman–Crippen LogP) is 1.61. The molecule has 0 amide bonds. The van der Waals surface area contributed by atoms with Crippen molar-refractivity contribution < 1.29 is 19.4 Å². The molecule has 4 heteroatoms. The predicted molar refractivity (Wildman–Crippen MR) is 65.8 cm³/mol. The summed E-state index contributed by atoms with van der Waals surface area (Å²) in [4.78, 5) is 24.7. The van der Waals surface area contributed by atoms with E-state index in [2.05, 4.69) is 0 Å². The number of rotatable bonds is 2. The van der Waals surface area contributed by atoms with Crippen LogP contribution in [0.1, 0.15) is 41.5 Å². The fourth-order valence-corrected chi connectivity index (χ4v) is 2.33. The lowest BCUT2D eigenvalue weighted by molar-refractivity contribution is -0.116. The molecule has 2 atom stereocenters. The van der Waals surface area contributed by atoms with Crippen molar-refractivity contribution >= 4 is 11.6 Å². The molecule has 4 nitrogen and oxygen atoms in total. The average molecular weight is 248 g/mol. The molecular weight excluding hydrogens is 232 g/mol. The second-order valence-electron chi connectivity index (χ2n) is 4.74. The van der Waals surface area contributed by atoms with Gasteiger partial charge in [-0.25, -0.2) is 0 Å². The molecule has 0 bridgehead atoms. The van der Waals surface area contributed by atoms with E-state index in [9.17, 15) is 14.7 Å². The van der Waals surface area contributed by atoms with Crippen LogP contribution in [0.15, 0.2) is 24.3 Å². The van der Waals surface area contributed by atoms with Crippen molar-refractivity contribution in [1.29, 1.82) is 0 Å². The number of hydrogen-bond acceptors (Lipinski definition) is 4. The second kappa shape index (κ2) is 4.00. The van der Waals surface area contributed by atoms with Gasteiger partial charge in [0.1, 0.15) is 0 Å². The van der Waals surface area contributed by atoms with E-state index in [-0.39, 0.29) is 18.0 Å². The molecule has 0 saturated carbocycles. The molecule has 0 unspecified atom stereocenters. The van der Waals surface area contributed by atoms with E-state index >= 15 is 0 Å². The Morgan fingerprint density at radius 2 is 1.61 bits per heavy atom. The van der Waals surface area contributed by atoms with Crippen molar-refractivity contribution in [2.75, 3.05) is 6.61 Å². The van der Waals surface area contributed by atoms with Gasteiger partial charge in [-0.2, -0.15) is 0 Å². The van der Waals surface area contributed by atoms with E-state index < -0.39 is 17.0 Å². The van der Waals surface area contributed by atoms with Crippen molar-refractivity contribution in [2.24, 2.45) is 0 Å². The Morgan fingerprint density at radius 1 is 1.11 bits per heavy atom. The number of benzene rings is 1. The fourth-order valence-electron chi connectivity index (χ4n) is 2.33. The first-order valence-corrected chi connectivity index (χ1v) is 5.91. The number of fused-ring (bicyclic) bond motifs is 1. The number of Topliss-reactive ketones (excluding diaryl/α,β-unsaturated/α-hetero) is 2. The lowest BCUT2D eigenvalue weighted by Gasteiger charge is -2.43. The summed E-state index contributed by atoms with van der Waals surface area (Å²) in [7, 11) is 0. The van der Waals surface area contributed by atoms with E-state index in [1.165, 1.54) is 13.8 Å². The number of carbonyl (C=O) groups is 2. The Bertz CT molecular complexity index is 518. The molecule has 0 heterocycles. The summed E-state index contributed by atoms with van der Waals surface area (Å²) in [6.07, 6.45) is 0. The lowest BCUT2D eigenvalue weighted by Crippen LogP contribution is -2.64. The number of ether oxygens (including phenoxy) is 1. The summed E-state index contributed by atoms with van der Waals surface area (Å²) in [5.74, 6) is -0.835. The van der Waals surface area contributed by atoms with Gasteiger partial charge in [-0.05, 0) is 20.8 Å². The van der Waals surface area contributed by atoms with E-state index in [4.69, 9.17) is 4.74 Å². The van der Waals surface area contributed by atoms with Crippen LogP contribution in [0.3, 0.4) is 0 Å². The van der Waals surface area contributed by atoms with Gasteiger partial charge < -0.3 is 9.84 Å². The first kappa shape index (κ1) is 12.9. The molecule has 0 aromatic heterocycles. The summed E-state index contributed by atoms with van der Waals surface area (Å²) < 4.78 is 5.40. The van der Waals surface area contributed by atoms with Crippen molar-refractivity contribution in [2.45, 2.75) is 32.0 Å². The van der Waals surface area contributed by atoms with Crippen LogP contribution < -0.4 is 0 Å². The van der Waals surface area contributed by atoms with Crippen LogP contribution >= 0.6 is 0 Å². The monoisotopic (exact) mass is 248 g/mol. The van der Waals surface area contributed by atoms with Gasteiger partial charge in [-0.15, -0.1) is 0 Å². The highest BCUT2D eigenvalue weighted by Gasteiger charge is 2.59. The Labute approximate surface area is 106 Å². The topological polar surface area (TPSA) is 63.6 Å². The standard InChI is InChI=1S/C14H16O4/c1-4-18-14(3)12(16)10-8-6-5-7-9(10)11(15)13(14,2)17/h5-8,17H,4H2,1-3H3/t13-,14-/m1/s1. The van der Waals surface area contributed by atoms with Gasteiger partial charge in [0, 0.05) is 17.7 Å². The van der Waals surface area contributed by atoms with Crippen molar-refractivity contribution in [3.05, 3.63) is 35.4 Å². The van der Waals surface area contributed by atoms with Crippen LogP contribution in [0.2, 0.25) is 0 Å². The summed E-state index contributed by atoms with van der Waals surface area (Å²) in [5.41, 5.74) is -2.82. The highest BCUT2D eigenvalue weighted by molar-refractivity contribution is 6.21. The fraction of sp³-hybridized carbons (Fsp3) is 0.429. The number of aliphatic hydroxyl groups is 1. The zero-order chi connectivity index (χ0) is 13.6. The molecule has 0 radical (unpaired) electrons. The van der Waals surface area contributed by atoms with E-state index in [0.29, 0.717) is 5.56 Å². The minimum Gasteiger partial charge on any atom is -0.378 e. The molecule has 2 rings (SSSR count). The highest BCUT2D eigenvalue weighted by Crippen LogP contribution is 2.38. The third-order valence-electron chi connectivity index (χ3n) is 3.65. The maximum absolute atomic E-state index is 12.5. The smallest absolute Gasteiger partial charge is 0.198 e. The van der Waals surface area contributed by atoms with E-state index in [1.54, 1.807) is 31.2 Å². The lowest BCUT2D eigenvalue weighted by atomic mass is 9.69. The Hall–Kier alpha value is -1.52. The normalized spacial score (nSPS) is 31.3. The van der Waals surface area contributed by atoms with Crippen molar-refractivity contribution in [1.82, 2.24) is 0 Å². The van der Waals surface area contributed by atoms with Crippen LogP contribution in [0.25, 0.3) is 0 Å². The number of ketones is 2. The van der Waals surface area contributed by atoms with Crippen molar-refractivity contribution in [3.63, 3.8) is 0 Å². The minimum atomic E-state index is -1.85. The molecule has 0 saturated heterocycles. The van der Waals surface area contributed by atoms with Gasteiger partial charge >= 0.3 is 0 Å². The van der Waals surface area contributed by atoms with Gasteiger partial charge in [0.25, 0.3) is 0 Å². The Kier molecular flexibility index (Phi) is 2.87.